The van der Waals surface area contributed by atoms with Crippen LogP contribution < -0.4 is 4.74 Å². The fraction of sp³-hybridized carbons (Fsp3) is 0.231. The Hall–Kier alpha value is -1.40. The third-order valence-corrected chi connectivity index (χ3v) is 3.59. The van der Waals surface area contributed by atoms with Gasteiger partial charge >= 0.3 is 5.97 Å². The van der Waals surface area contributed by atoms with Crippen LogP contribution >= 0.6 is 27.3 Å². The van der Waals surface area contributed by atoms with E-state index in [0.717, 1.165) is 15.2 Å². The molecule has 100 valence electrons. The maximum absolute atomic E-state index is 11.6. The molecular formula is C13H12BrNO3S. The first-order valence-electron chi connectivity index (χ1n) is 5.63. The monoisotopic (exact) mass is 341 g/mol. The Kier molecular flexibility index (Phi) is 4.93. The molecule has 0 fully saturated rings. The minimum Gasteiger partial charge on any atom is -0.490 e. The highest BCUT2D eigenvalue weighted by molar-refractivity contribution is 9.10. The molecule has 0 saturated carbocycles. The lowest BCUT2D eigenvalue weighted by molar-refractivity contribution is 0.0456. The van der Waals surface area contributed by atoms with Crippen LogP contribution in [0.5, 0.6) is 5.75 Å². The fourth-order valence-electron chi connectivity index (χ4n) is 1.38. The molecule has 1 aromatic heterocycles. The Balaban J connectivity index is 1.74. The number of ether oxygens (including phenoxy) is 2. The van der Waals surface area contributed by atoms with E-state index in [1.807, 2.05) is 31.2 Å². The number of nitrogens with zero attached hydrogens (tertiary/aromatic N) is 1. The van der Waals surface area contributed by atoms with Crippen LogP contribution in [0.2, 0.25) is 0 Å². The summed E-state index contributed by atoms with van der Waals surface area (Å²) in [6.07, 6.45) is 1.53. The van der Waals surface area contributed by atoms with E-state index in [2.05, 4.69) is 20.9 Å². The Labute approximate surface area is 123 Å². The molecule has 0 aliphatic rings. The third-order valence-electron chi connectivity index (χ3n) is 2.20. The number of halogens is 1. The molecule has 2 rings (SSSR count). The van der Waals surface area contributed by atoms with Gasteiger partial charge in [0.2, 0.25) is 0 Å². The van der Waals surface area contributed by atoms with Gasteiger partial charge in [-0.05, 0) is 25.1 Å². The summed E-state index contributed by atoms with van der Waals surface area (Å²) in [5.74, 6) is 0.377. The Morgan fingerprint density at radius 3 is 2.95 bits per heavy atom. The molecule has 0 spiro atoms. The van der Waals surface area contributed by atoms with E-state index in [-0.39, 0.29) is 12.6 Å². The van der Waals surface area contributed by atoms with Crippen molar-refractivity contribution in [3.05, 3.63) is 44.8 Å². The summed E-state index contributed by atoms with van der Waals surface area (Å²) in [5.41, 5.74) is 0. The van der Waals surface area contributed by atoms with Crippen LogP contribution in [0, 0.1) is 6.92 Å². The van der Waals surface area contributed by atoms with E-state index >= 15 is 0 Å². The van der Waals surface area contributed by atoms with Gasteiger partial charge in [0, 0.05) is 4.47 Å². The zero-order valence-corrected chi connectivity index (χ0v) is 12.7. The third kappa shape index (κ3) is 4.33. The van der Waals surface area contributed by atoms with Gasteiger partial charge in [-0.2, -0.15) is 0 Å². The van der Waals surface area contributed by atoms with Crippen LogP contribution in [-0.2, 0) is 4.74 Å². The summed E-state index contributed by atoms with van der Waals surface area (Å²) in [4.78, 5) is 16.1. The van der Waals surface area contributed by atoms with Crippen LogP contribution in [0.3, 0.4) is 0 Å². The number of rotatable bonds is 5. The SMILES string of the molecule is Cc1ncc(C(=O)OCCOc2cccc(Br)c2)s1. The highest BCUT2D eigenvalue weighted by Gasteiger charge is 2.10. The molecular weight excluding hydrogens is 330 g/mol. The first kappa shape index (κ1) is 14.0. The lowest BCUT2D eigenvalue weighted by atomic mass is 10.3. The van der Waals surface area contributed by atoms with Crippen molar-refractivity contribution in [3.8, 4) is 5.75 Å². The lowest BCUT2D eigenvalue weighted by Crippen LogP contribution is -2.11. The minimum atomic E-state index is -0.358. The number of thiazole rings is 1. The molecule has 0 atom stereocenters. The molecule has 1 heterocycles. The maximum Gasteiger partial charge on any atom is 0.350 e. The number of hydrogen-bond donors (Lipinski definition) is 0. The molecule has 0 amide bonds. The van der Waals surface area contributed by atoms with Gasteiger partial charge in [-0.15, -0.1) is 11.3 Å². The topological polar surface area (TPSA) is 48.4 Å². The van der Waals surface area contributed by atoms with Gasteiger partial charge in [0.15, 0.2) is 0 Å². The molecule has 0 aliphatic carbocycles. The summed E-state index contributed by atoms with van der Waals surface area (Å²) in [5, 5.41) is 0.845. The molecule has 0 bridgehead atoms. The van der Waals surface area contributed by atoms with E-state index in [0.29, 0.717) is 11.5 Å². The van der Waals surface area contributed by atoms with Gasteiger partial charge in [-0.3, -0.25) is 0 Å². The molecule has 0 unspecified atom stereocenters. The predicted molar refractivity (Wildman–Crippen MR) is 76.8 cm³/mol. The van der Waals surface area contributed by atoms with Gasteiger partial charge in [-0.25, -0.2) is 9.78 Å². The highest BCUT2D eigenvalue weighted by Crippen LogP contribution is 2.17. The van der Waals surface area contributed by atoms with Gasteiger partial charge < -0.3 is 9.47 Å². The van der Waals surface area contributed by atoms with Crippen LogP contribution in [-0.4, -0.2) is 24.2 Å². The van der Waals surface area contributed by atoms with E-state index in [9.17, 15) is 4.79 Å². The Bertz CT molecular complexity index is 571. The van der Waals surface area contributed by atoms with Gasteiger partial charge in [-0.1, -0.05) is 22.0 Å². The summed E-state index contributed by atoms with van der Waals surface area (Å²) >= 11 is 4.68. The van der Waals surface area contributed by atoms with Crippen LogP contribution in [0.15, 0.2) is 34.9 Å². The molecule has 0 saturated heterocycles. The van der Waals surface area contributed by atoms with Crippen molar-refractivity contribution in [3.63, 3.8) is 0 Å². The number of carbonyl (C=O) groups is 1. The zero-order chi connectivity index (χ0) is 13.7. The summed E-state index contributed by atoms with van der Waals surface area (Å²) in [6, 6.07) is 7.50. The second-order valence-corrected chi connectivity index (χ2v) is 5.84. The van der Waals surface area contributed by atoms with Crippen molar-refractivity contribution in [2.75, 3.05) is 13.2 Å². The van der Waals surface area contributed by atoms with Crippen molar-refractivity contribution in [2.24, 2.45) is 0 Å². The molecule has 0 N–H and O–H groups in total. The number of aryl methyl sites for hydroxylation is 1. The highest BCUT2D eigenvalue weighted by atomic mass is 79.9. The number of esters is 1. The average molecular weight is 342 g/mol. The largest absolute Gasteiger partial charge is 0.490 e. The van der Waals surface area contributed by atoms with E-state index in [1.165, 1.54) is 17.5 Å². The number of hydrogen-bond acceptors (Lipinski definition) is 5. The van der Waals surface area contributed by atoms with Crippen LogP contribution in [0.4, 0.5) is 0 Å². The maximum atomic E-state index is 11.6. The van der Waals surface area contributed by atoms with Crippen LogP contribution in [0.25, 0.3) is 0 Å². The quantitative estimate of drug-likeness (QED) is 0.617. The average Bonchev–Trinajstić information content (AvgIpc) is 2.81. The Morgan fingerprint density at radius 2 is 2.26 bits per heavy atom. The second-order valence-electron chi connectivity index (χ2n) is 3.69. The number of aromatic nitrogens is 1. The molecule has 0 radical (unpaired) electrons. The molecule has 0 aliphatic heterocycles. The second kappa shape index (κ2) is 6.68. The summed E-state index contributed by atoms with van der Waals surface area (Å²) < 4.78 is 11.5. The summed E-state index contributed by atoms with van der Waals surface area (Å²) in [6.45, 7) is 2.38. The van der Waals surface area contributed by atoms with Gasteiger partial charge in [0.05, 0.1) is 11.2 Å². The minimum absolute atomic E-state index is 0.211. The molecule has 6 heteroatoms. The first-order chi connectivity index (χ1) is 9.15. The molecule has 4 nitrogen and oxygen atoms in total. The Morgan fingerprint density at radius 1 is 1.42 bits per heavy atom. The number of carbonyl (C=O) groups excluding carboxylic acids is 1. The standard InChI is InChI=1S/C13H12BrNO3S/c1-9-15-8-12(19-9)13(16)18-6-5-17-11-4-2-3-10(14)7-11/h2-4,7-8H,5-6H2,1H3. The first-order valence-corrected chi connectivity index (χ1v) is 7.24. The van der Waals surface area contributed by atoms with E-state index < -0.39 is 0 Å². The molecule has 2 aromatic rings. The van der Waals surface area contributed by atoms with E-state index in [4.69, 9.17) is 9.47 Å². The van der Waals surface area contributed by atoms with Crippen molar-refractivity contribution in [2.45, 2.75) is 6.92 Å². The van der Waals surface area contributed by atoms with E-state index in [1.54, 1.807) is 0 Å². The van der Waals surface area contributed by atoms with Crippen molar-refractivity contribution in [1.29, 1.82) is 0 Å². The van der Waals surface area contributed by atoms with Gasteiger partial charge in [0.25, 0.3) is 0 Å². The van der Waals surface area contributed by atoms with Crippen molar-refractivity contribution in [1.82, 2.24) is 4.98 Å². The van der Waals surface area contributed by atoms with Crippen molar-refractivity contribution >= 4 is 33.2 Å². The van der Waals surface area contributed by atoms with Crippen molar-refractivity contribution < 1.29 is 14.3 Å². The fourth-order valence-corrected chi connectivity index (χ4v) is 2.43. The smallest absolute Gasteiger partial charge is 0.350 e. The summed E-state index contributed by atoms with van der Waals surface area (Å²) in [7, 11) is 0. The number of benzene rings is 1. The molecule has 19 heavy (non-hydrogen) atoms. The zero-order valence-electron chi connectivity index (χ0n) is 10.3. The predicted octanol–water partition coefficient (Wildman–Crippen LogP) is 3.45. The normalized spacial score (nSPS) is 10.2. The van der Waals surface area contributed by atoms with Gasteiger partial charge in [0.1, 0.15) is 23.8 Å². The molecule has 1 aromatic carbocycles. The lowest BCUT2D eigenvalue weighted by Gasteiger charge is -2.06. The van der Waals surface area contributed by atoms with Crippen LogP contribution in [0.1, 0.15) is 14.7 Å².